The first-order chi connectivity index (χ1) is 9.56. The standard InChI is InChI=1S/C14H17N3O3/c1-9(18)20-8-14(19)17-13(15)6-10-7-16-12-5-3-2-4-11(10)12/h2-5,7,13,16H,6,8,15H2,1H3,(H,17,19). The van der Waals surface area contributed by atoms with Crippen LogP contribution in [0, 0.1) is 0 Å². The van der Waals surface area contributed by atoms with Gasteiger partial charge in [0.05, 0.1) is 6.17 Å². The first-order valence-electron chi connectivity index (χ1n) is 6.29. The van der Waals surface area contributed by atoms with Crippen molar-refractivity contribution >= 4 is 22.8 Å². The van der Waals surface area contributed by atoms with Crippen LogP contribution in [0.5, 0.6) is 0 Å². The number of H-pyrrole nitrogens is 1. The number of nitrogens with two attached hydrogens (primary N) is 1. The molecule has 6 nitrogen and oxygen atoms in total. The van der Waals surface area contributed by atoms with Gasteiger partial charge in [-0.2, -0.15) is 0 Å². The van der Waals surface area contributed by atoms with Gasteiger partial charge in [-0.25, -0.2) is 0 Å². The van der Waals surface area contributed by atoms with E-state index < -0.39 is 18.0 Å². The summed E-state index contributed by atoms with van der Waals surface area (Å²) in [5.41, 5.74) is 7.93. The maximum atomic E-state index is 11.5. The second-order valence-corrected chi connectivity index (χ2v) is 4.52. The second-order valence-electron chi connectivity index (χ2n) is 4.52. The van der Waals surface area contributed by atoms with E-state index in [-0.39, 0.29) is 6.61 Å². The van der Waals surface area contributed by atoms with E-state index in [4.69, 9.17) is 5.73 Å². The largest absolute Gasteiger partial charge is 0.456 e. The lowest BCUT2D eigenvalue weighted by Crippen LogP contribution is -2.44. The normalized spacial score (nSPS) is 12.1. The number of fused-ring (bicyclic) bond motifs is 1. The van der Waals surface area contributed by atoms with E-state index in [1.165, 1.54) is 6.92 Å². The van der Waals surface area contributed by atoms with Crippen LogP contribution in [0.4, 0.5) is 0 Å². The summed E-state index contributed by atoms with van der Waals surface area (Å²) in [6, 6.07) is 7.87. The molecule has 1 amide bonds. The van der Waals surface area contributed by atoms with Crippen molar-refractivity contribution < 1.29 is 14.3 Å². The molecule has 1 unspecified atom stereocenters. The molecular formula is C14H17N3O3. The molecule has 6 heteroatoms. The third-order valence-corrected chi connectivity index (χ3v) is 2.87. The third-order valence-electron chi connectivity index (χ3n) is 2.87. The number of ether oxygens (including phenoxy) is 1. The molecule has 1 atom stereocenters. The van der Waals surface area contributed by atoms with Gasteiger partial charge in [0.25, 0.3) is 5.91 Å². The van der Waals surface area contributed by atoms with Gasteiger partial charge in [0.1, 0.15) is 0 Å². The van der Waals surface area contributed by atoms with E-state index in [1.807, 2.05) is 30.5 Å². The summed E-state index contributed by atoms with van der Waals surface area (Å²) >= 11 is 0. The molecule has 0 radical (unpaired) electrons. The highest BCUT2D eigenvalue weighted by atomic mass is 16.5. The minimum Gasteiger partial charge on any atom is -0.456 e. The number of aromatic nitrogens is 1. The molecule has 0 spiro atoms. The maximum Gasteiger partial charge on any atom is 0.303 e. The van der Waals surface area contributed by atoms with Crippen molar-refractivity contribution in [2.24, 2.45) is 5.73 Å². The fourth-order valence-electron chi connectivity index (χ4n) is 2.00. The SMILES string of the molecule is CC(=O)OCC(=O)NC(N)Cc1c[nH]c2ccccc12. The Morgan fingerprint density at radius 1 is 1.40 bits per heavy atom. The smallest absolute Gasteiger partial charge is 0.303 e. The molecule has 1 heterocycles. The van der Waals surface area contributed by atoms with E-state index in [0.717, 1.165) is 16.5 Å². The number of nitrogens with one attached hydrogen (secondary N) is 2. The van der Waals surface area contributed by atoms with Crippen LogP contribution in [0.3, 0.4) is 0 Å². The summed E-state index contributed by atoms with van der Waals surface area (Å²) in [5, 5.41) is 3.67. The van der Waals surface area contributed by atoms with Gasteiger partial charge in [-0.15, -0.1) is 0 Å². The number of benzene rings is 1. The molecule has 0 saturated carbocycles. The summed E-state index contributed by atoms with van der Waals surface area (Å²) in [6.45, 7) is 0.941. The Balaban J connectivity index is 1.92. The second kappa shape index (κ2) is 6.21. The van der Waals surface area contributed by atoms with Crippen molar-refractivity contribution in [2.45, 2.75) is 19.5 Å². The van der Waals surface area contributed by atoms with Crippen molar-refractivity contribution in [2.75, 3.05) is 6.61 Å². The lowest BCUT2D eigenvalue weighted by atomic mass is 10.1. The fraction of sp³-hybridized carbons (Fsp3) is 0.286. The Morgan fingerprint density at radius 3 is 2.90 bits per heavy atom. The molecule has 1 aromatic heterocycles. The average molecular weight is 275 g/mol. The Morgan fingerprint density at radius 2 is 2.15 bits per heavy atom. The number of hydrogen-bond donors (Lipinski definition) is 3. The van der Waals surface area contributed by atoms with E-state index >= 15 is 0 Å². The van der Waals surface area contributed by atoms with Gasteiger partial charge in [0, 0.05) is 30.4 Å². The van der Waals surface area contributed by atoms with Crippen molar-refractivity contribution in [3.05, 3.63) is 36.0 Å². The fourth-order valence-corrected chi connectivity index (χ4v) is 2.00. The Bertz CT molecular complexity index is 621. The van der Waals surface area contributed by atoms with E-state index in [9.17, 15) is 9.59 Å². The highest BCUT2D eigenvalue weighted by molar-refractivity contribution is 5.83. The number of amides is 1. The molecule has 0 saturated heterocycles. The van der Waals surface area contributed by atoms with Crippen LogP contribution >= 0.6 is 0 Å². The number of rotatable bonds is 5. The van der Waals surface area contributed by atoms with Gasteiger partial charge in [-0.05, 0) is 11.6 Å². The highest BCUT2D eigenvalue weighted by Crippen LogP contribution is 2.18. The molecule has 0 fully saturated rings. The number of para-hydroxylation sites is 1. The molecule has 2 rings (SSSR count). The number of carbonyl (C=O) groups is 2. The van der Waals surface area contributed by atoms with Gasteiger partial charge < -0.3 is 20.8 Å². The lowest BCUT2D eigenvalue weighted by Gasteiger charge is -2.13. The molecule has 0 aliphatic heterocycles. The van der Waals surface area contributed by atoms with Crippen LogP contribution in [0.2, 0.25) is 0 Å². The van der Waals surface area contributed by atoms with Gasteiger partial charge in [0.15, 0.2) is 6.61 Å². The van der Waals surface area contributed by atoms with Crippen LogP contribution in [-0.2, 0) is 20.7 Å². The maximum absolute atomic E-state index is 11.5. The molecule has 0 aliphatic rings. The van der Waals surface area contributed by atoms with Crippen LogP contribution in [-0.4, -0.2) is 29.6 Å². The first-order valence-corrected chi connectivity index (χ1v) is 6.29. The van der Waals surface area contributed by atoms with Crippen molar-refractivity contribution in [3.8, 4) is 0 Å². The van der Waals surface area contributed by atoms with Crippen LogP contribution in [0.25, 0.3) is 10.9 Å². The summed E-state index contributed by atoms with van der Waals surface area (Å²) in [6.07, 6.45) is 1.84. The predicted octanol–water partition coefficient (Wildman–Crippen LogP) is 0.675. The van der Waals surface area contributed by atoms with Crippen LogP contribution in [0.15, 0.2) is 30.5 Å². The van der Waals surface area contributed by atoms with Gasteiger partial charge in [-0.1, -0.05) is 18.2 Å². The average Bonchev–Trinajstić information content (AvgIpc) is 2.80. The molecule has 20 heavy (non-hydrogen) atoms. The van der Waals surface area contributed by atoms with Gasteiger partial charge >= 0.3 is 5.97 Å². The number of esters is 1. The minimum absolute atomic E-state index is 0.309. The van der Waals surface area contributed by atoms with E-state index in [1.54, 1.807) is 0 Å². The summed E-state index contributed by atoms with van der Waals surface area (Å²) < 4.78 is 4.60. The molecule has 0 aliphatic carbocycles. The Hall–Kier alpha value is -2.34. The summed E-state index contributed by atoms with van der Waals surface area (Å²) in [5.74, 6) is -0.905. The van der Waals surface area contributed by atoms with E-state index in [2.05, 4.69) is 15.0 Å². The number of aromatic amines is 1. The van der Waals surface area contributed by atoms with Crippen molar-refractivity contribution in [3.63, 3.8) is 0 Å². The van der Waals surface area contributed by atoms with Crippen LogP contribution in [0.1, 0.15) is 12.5 Å². The Labute approximate surface area is 116 Å². The zero-order chi connectivity index (χ0) is 14.5. The quantitative estimate of drug-likeness (QED) is 0.552. The monoisotopic (exact) mass is 275 g/mol. The molecule has 1 aromatic carbocycles. The molecular weight excluding hydrogens is 258 g/mol. The zero-order valence-corrected chi connectivity index (χ0v) is 11.2. The zero-order valence-electron chi connectivity index (χ0n) is 11.2. The van der Waals surface area contributed by atoms with Crippen molar-refractivity contribution in [1.82, 2.24) is 10.3 Å². The van der Waals surface area contributed by atoms with Gasteiger partial charge in [-0.3, -0.25) is 9.59 Å². The molecule has 106 valence electrons. The van der Waals surface area contributed by atoms with Crippen molar-refractivity contribution in [1.29, 1.82) is 0 Å². The predicted molar refractivity (Wildman–Crippen MR) is 74.8 cm³/mol. The van der Waals surface area contributed by atoms with E-state index in [0.29, 0.717) is 6.42 Å². The Kier molecular flexibility index (Phi) is 4.37. The molecule has 2 aromatic rings. The molecule has 4 N–H and O–H groups in total. The summed E-state index contributed by atoms with van der Waals surface area (Å²) in [4.78, 5) is 25.2. The number of carbonyl (C=O) groups excluding carboxylic acids is 2. The topological polar surface area (TPSA) is 97.2 Å². The first kappa shape index (κ1) is 14.1. The minimum atomic E-state index is -0.530. The lowest BCUT2D eigenvalue weighted by molar-refractivity contribution is -0.146. The third kappa shape index (κ3) is 3.58. The highest BCUT2D eigenvalue weighted by Gasteiger charge is 2.12. The molecule has 0 bridgehead atoms. The van der Waals surface area contributed by atoms with Crippen LogP contribution < -0.4 is 11.1 Å². The van der Waals surface area contributed by atoms with Gasteiger partial charge in [0.2, 0.25) is 0 Å². The summed E-state index contributed by atoms with van der Waals surface area (Å²) in [7, 11) is 0. The number of hydrogen-bond acceptors (Lipinski definition) is 4.